The van der Waals surface area contributed by atoms with E-state index in [4.69, 9.17) is 18.9 Å². The minimum absolute atomic E-state index is 0.123. The normalized spacial score (nSPS) is 34.6. The molecule has 53 heavy (non-hydrogen) atoms. The van der Waals surface area contributed by atoms with Crippen LogP contribution in [0.2, 0.25) is 0 Å². The van der Waals surface area contributed by atoms with E-state index in [1.54, 1.807) is 45.0 Å². The zero-order valence-corrected chi connectivity index (χ0v) is 30.3. The van der Waals surface area contributed by atoms with Gasteiger partial charge >= 0.3 is 17.9 Å². The molecule has 11 heteroatoms. The van der Waals surface area contributed by atoms with Crippen molar-refractivity contribution in [2.45, 2.75) is 89.2 Å². The molecule has 11 nitrogen and oxygen atoms in total. The summed E-state index contributed by atoms with van der Waals surface area (Å²) in [5.41, 5.74) is -6.01. The Morgan fingerprint density at radius 1 is 0.925 bits per heavy atom. The maximum atomic E-state index is 15.4. The van der Waals surface area contributed by atoms with E-state index in [0.717, 1.165) is 10.8 Å². The molecule has 3 aromatic carbocycles. The van der Waals surface area contributed by atoms with E-state index in [9.17, 15) is 29.7 Å². The number of ketones is 1. The van der Waals surface area contributed by atoms with E-state index in [1.165, 1.54) is 32.1 Å². The molecule has 2 bridgehead atoms. The standard InChI is InChI=1S/C42H44O11/c1-23-29(44)21-42(49)37(52-38(48)27-12-7-6-8-13-27)35-40(5,30(45)20-31-41(35,22-50-31)53-24(2)43)36(47)34(33(23)39(42,3)4)51-32(46)18-16-25-15-17-26-11-9-10-14-28(26)19-25/h6-19,29-31,34-35,37,44-45,49H,20-22H2,1-5H3/b18-16+/t29-,30-,31+,34+,35-,37-,40?,41-,42+/m0/s1. The van der Waals surface area contributed by atoms with Crippen LogP contribution in [0.3, 0.4) is 0 Å². The third kappa shape index (κ3) is 5.64. The molecule has 3 fully saturated rings. The first-order valence-electron chi connectivity index (χ1n) is 17.8. The fourth-order valence-electron chi connectivity index (χ4n) is 9.37. The first-order valence-corrected chi connectivity index (χ1v) is 17.8. The van der Waals surface area contributed by atoms with Crippen LogP contribution in [0.25, 0.3) is 16.8 Å². The molecule has 7 rings (SSSR count). The number of carbonyl (C=O) groups is 4. The van der Waals surface area contributed by atoms with Gasteiger partial charge in [0.2, 0.25) is 0 Å². The Morgan fingerprint density at radius 2 is 1.60 bits per heavy atom. The second-order valence-corrected chi connectivity index (χ2v) is 15.5. The Bertz CT molecular complexity index is 2050. The number of aliphatic hydroxyl groups excluding tert-OH is 2. The van der Waals surface area contributed by atoms with E-state index in [2.05, 4.69) is 0 Å². The Hall–Kier alpha value is -4.68. The molecular formula is C42H44O11. The maximum absolute atomic E-state index is 15.4. The van der Waals surface area contributed by atoms with Crippen molar-refractivity contribution >= 4 is 40.5 Å². The van der Waals surface area contributed by atoms with Crippen LogP contribution in [0.15, 0.2) is 90.0 Å². The molecule has 278 valence electrons. The smallest absolute Gasteiger partial charge is 0.338 e. The average molecular weight is 725 g/mol. The molecule has 4 aliphatic rings. The minimum Gasteiger partial charge on any atom is -0.455 e. The Morgan fingerprint density at radius 3 is 2.26 bits per heavy atom. The number of hydrogen-bond donors (Lipinski definition) is 3. The van der Waals surface area contributed by atoms with Gasteiger partial charge in [-0.05, 0) is 65.6 Å². The van der Waals surface area contributed by atoms with Crippen molar-refractivity contribution in [3.63, 3.8) is 0 Å². The maximum Gasteiger partial charge on any atom is 0.338 e. The zero-order valence-electron chi connectivity index (χ0n) is 30.3. The van der Waals surface area contributed by atoms with Gasteiger partial charge in [0.25, 0.3) is 0 Å². The predicted molar refractivity (Wildman–Crippen MR) is 192 cm³/mol. The van der Waals surface area contributed by atoms with Crippen molar-refractivity contribution in [1.82, 2.24) is 0 Å². The number of benzene rings is 3. The van der Waals surface area contributed by atoms with Crippen LogP contribution in [0.4, 0.5) is 0 Å². The van der Waals surface area contributed by atoms with E-state index in [-0.39, 0.29) is 30.6 Å². The highest BCUT2D eigenvalue weighted by atomic mass is 16.6. The molecule has 2 saturated carbocycles. The summed E-state index contributed by atoms with van der Waals surface area (Å²) in [6, 6.07) is 21.5. The molecule has 0 radical (unpaired) electrons. The highest BCUT2D eigenvalue weighted by Crippen LogP contribution is 2.64. The molecule has 1 heterocycles. The van der Waals surface area contributed by atoms with Gasteiger partial charge in [-0.25, -0.2) is 9.59 Å². The summed E-state index contributed by atoms with van der Waals surface area (Å²) < 4.78 is 24.2. The number of aliphatic hydroxyl groups is 3. The minimum atomic E-state index is -2.17. The summed E-state index contributed by atoms with van der Waals surface area (Å²) in [5, 5.41) is 38.8. The first kappa shape index (κ1) is 36.7. The van der Waals surface area contributed by atoms with Crippen LogP contribution in [-0.2, 0) is 33.3 Å². The van der Waals surface area contributed by atoms with E-state index in [1.807, 2.05) is 42.5 Å². The fourth-order valence-corrected chi connectivity index (χ4v) is 9.37. The Balaban J connectivity index is 1.38. The largest absolute Gasteiger partial charge is 0.455 e. The second-order valence-electron chi connectivity index (χ2n) is 15.5. The van der Waals surface area contributed by atoms with Gasteiger partial charge < -0.3 is 34.3 Å². The van der Waals surface area contributed by atoms with E-state index in [0.29, 0.717) is 11.1 Å². The zero-order chi connectivity index (χ0) is 38.1. The predicted octanol–water partition coefficient (Wildman–Crippen LogP) is 4.50. The lowest BCUT2D eigenvalue weighted by Gasteiger charge is -2.67. The van der Waals surface area contributed by atoms with Crippen LogP contribution >= 0.6 is 0 Å². The van der Waals surface area contributed by atoms with Crippen LogP contribution in [-0.4, -0.2) is 87.3 Å². The van der Waals surface area contributed by atoms with Gasteiger partial charge in [-0.1, -0.05) is 68.4 Å². The van der Waals surface area contributed by atoms with Gasteiger partial charge in [0.05, 0.1) is 35.7 Å². The quantitative estimate of drug-likeness (QED) is 0.142. The summed E-state index contributed by atoms with van der Waals surface area (Å²) in [6.45, 7) is 7.30. The molecule has 0 aromatic heterocycles. The highest BCUT2D eigenvalue weighted by molar-refractivity contribution is 5.97. The second kappa shape index (κ2) is 13.0. The number of carbonyl (C=O) groups excluding carboxylic acids is 4. The van der Waals surface area contributed by atoms with Crippen molar-refractivity contribution in [1.29, 1.82) is 0 Å². The Labute approximate surface area is 307 Å². The lowest BCUT2D eigenvalue weighted by atomic mass is 9.44. The van der Waals surface area contributed by atoms with Crippen molar-refractivity contribution in [3.05, 3.63) is 101 Å². The number of hydrogen-bond acceptors (Lipinski definition) is 11. The van der Waals surface area contributed by atoms with Crippen molar-refractivity contribution in [3.8, 4) is 0 Å². The van der Waals surface area contributed by atoms with Gasteiger partial charge in [0.1, 0.15) is 17.8 Å². The van der Waals surface area contributed by atoms with E-state index >= 15 is 4.79 Å². The molecule has 0 spiro atoms. The van der Waals surface area contributed by atoms with Crippen LogP contribution < -0.4 is 0 Å². The van der Waals surface area contributed by atoms with Gasteiger partial charge in [0.15, 0.2) is 17.5 Å². The monoisotopic (exact) mass is 724 g/mol. The summed E-state index contributed by atoms with van der Waals surface area (Å²) >= 11 is 0. The van der Waals surface area contributed by atoms with E-state index < -0.39 is 82.2 Å². The van der Waals surface area contributed by atoms with Crippen LogP contribution in [0.5, 0.6) is 0 Å². The Kier molecular flexibility index (Phi) is 9.01. The fraction of sp³-hybridized carbons (Fsp3) is 0.429. The van der Waals surface area contributed by atoms with Crippen LogP contribution in [0.1, 0.15) is 63.4 Å². The summed E-state index contributed by atoms with van der Waals surface area (Å²) in [7, 11) is 0. The van der Waals surface area contributed by atoms with Crippen LogP contribution in [0, 0.1) is 16.7 Å². The molecular weight excluding hydrogens is 680 g/mol. The molecule has 1 aliphatic heterocycles. The number of Topliss-reactive ketones (excluding diaryl/α,β-unsaturated/α-hetero) is 1. The molecule has 0 amide bonds. The first-order chi connectivity index (χ1) is 25.0. The summed E-state index contributed by atoms with van der Waals surface area (Å²) in [6.07, 6.45) is -4.88. The van der Waals surface area contributed by atoms with Gasteiger partial charge in [0, 0.05) is 31.3 Å². The van der Waals surface area contributed by atoms with Gasteiger partial charge in [-0.3, -0.25) is 9.59 Å². The molecule has 1 saturated heterocycles. The highest BCUT2D eigenvalue weighted by Gasteiger charge is 2.78. The summed E-state index contributed by atoms with van der Waals surface area (Å²) in [5.74, 6) is -4.62. The lowest BCUT2D eigenvalue weighted by molar-refractivity contribution is -0.345. The van der Waals surface area contributed by atoms with Crippen molar-refractivity contribution < 1.29 is 53.4 Å². The van der Waals surface area contributed by atoms with Crippen molar-refractivity contribution in [2.24, 2.45) is 16.7 Å². The average Bonchev–Trinajstić information content (AvgIpc) is 3.12. The molecule has 3 N–H and O–H groups in total. The lowest BCUT2D eigenvalue weighted by Crippen LogP contribution is -2.81. The topological polar surface area (TPSA) is 166 Å². The SMILES string of the molecule is CC(=O)O[C@@]12CO[C@@H]1C[C@H](O)C1(C)C(=O)[C@H](OC(=O)/C=C/c3ccc4ccccc4c3)C3=C(C)[C@@H](O)C[C@@](O)([C@@H](OC(=O)c4ccccc4)[C@@H]12)C3(C)C. The number of rotatable bonds is 6. The molecule has 9 atom stereocenters. The third-order valence-corrected chi connectivity index (χ3v) is 12.3. The molecule has 1 unspecified atom stereocenters. The van der Waals surface area contributed by atoms with Crippen molar-refractivity contribution in [2.75, 3.05) is 6.61 Å². The summed E-state index contributed by atoms with van der Waals surface area (Å²) in [4.78, 5) is 55.9. The third-order valence-electron chi connectivity index (χ3n) is 12.3. The van der Waals surface area contributed by atoms with Gasteiger partial charge in [-0.15, -0.1) is 0 Å². The molecule has 3 aliphatic carbocycles. The number of ether oxygens (including phenoxy) is 4. The van der Waals surface area contributed by atoms with Gasteiger partial charge in [-0.2, -0.15) is 0 Å². The number of esters is 3. The number of fused-ring (bicyclic) bond motifs is 6. The molecule has 3 aromatic rings.